The fourth-order valence-electron chi connectivity index (χ4n) is 3.00. The second-order valence-electron chi connectivity index (χ2n) is 5.64. The molecule has 0 fully saturated rings. The molecule has 1 N–H and O–H groups in total. The van der Waals surface area contributed by atoms with E-state index in [1.54, 1.807) is 16.0 Å². The van der Waals surface area contributed by atoms with Gasteiger partial charge in [0.25, 0.3) is 0 Å². The van der Waals surface area contributed by atoms with Gasteiger partial charge in [0.1, 0.15) is 0 Å². The van der Waals surface area contributed by atoms with Crippen molar-refractivity contribution in [1.29, 1.82) is 0 Å². The Morgan fingerprint density at radius 3 is 3.30 bits per heavy atom. The van der Waals surface area contributed by atoms with Crippen molar-refractivity contribution in [2.45, 2.75) is 38.3 Å². The SMILES string of the molecule is O=C(NCc1cccc2ncsc12)C1CCCCn2nnnc21. The van der Waals surface area contributed by atoms with Gasteiger partial charge in [-0.1, -0.05) is 18.6 Å². The Hall–Kier alpha value is -2.35. The molecule has 1 aliphatic rings. The van der Waals surface area contributed by atoms with Crippen LogP contribution < -0.4 is 5.32 Å². The highest BCUT2D eigenvalue weighted by molar-refractivity contribution is 7.16. The van der Waals surface area contributed by atoms with Crippen LogP contribution in [0.1, 0.15) is 36.6 Å². The van der Waals surface area contributed by atoms with Crippen LogP contribution in [0.2, 0.25) is 0 Å². The van der Waals surface area contributed by atoms with E-state index in [9.17, 15) is 4.79 Å². The minimum Gasteiger partial charge on any atom is -0.351 e. The van der Waals surface area contributed by atoms with Gasteiger partial charge >= 0.3 is 0 Å². The number of tetrazole rings is 1. The summed E-state index contributed by atoms with van der Waals surface area (Å²) in [6.45, 7) is 1.28. The number of fused-ring (bicyclic) bond motifs is 2. The van der Waals surface area contributed by atoms with Gasteiger partial charge in [0, 0.05) is 13.1 Å². The Bertz CT molecular complexity index is 841. The van der Waals surface area contributed by atoms with Gasteiger partial charge in [0.2, 0.25) is 5.91 Å². The first kappa shape index (κ1) is 14.3. The first-order valence-electron chi connectivity index (χ1n) is 7.68. The smallest absolute Gasteiger partial charge is 0.231 e. The zero-order valence-corrected chi connectivity index (χ0v) is 13.3. The standard InChI is InChI=1S/C15H16N6OS/c22-15(11-5-1-2-7-21-14(11)18-19-20-21)16-8-10-4-3-6-12-13(10)23-9-17-12/h3-4,6,9,11H,1-2,5,7-8H2,(H,16,22). The highest BCUT2D eigenvalue weighted by atomic mass is 32.1. The Kier molecular flexibility index (Phi) is 3.74. The summed E-state index contributed by atoms with van der Waals surface area (Å²) >= 11 is 1.60. The molecule has 7 nitrogen and oxygen atoms in total. The number of nitrogens with zero attached hydrogens (tertiary/aromatic N) is 5. The zero-order valence-electron chi connectivity index (χ0n) is 12.5. The fraction of sp³-hybridized carbons (Fsp3) is 0.400. The second kappa shape index (κ2) is 6.04. The van der Waals surface area contributed by atoms with Gasteiger partial charge in [-0.3, -0.25) is 4.79 Å². The van der Waals surface area contributed by atoms with Gasteiger partial charge in [-0.25, -0.2) is 9.67 Å². The van der Waals surface area contributed by atoms with Gasteiger partial charge in [-0.15, -0.1) is 16.4 Å². The van der Waals surface area contributed by atoms with Crippen LogP contribution in [-0.2, 0) is 17.9 Å². The molecule has 1 unspecified atom stereocenters. The molecule has 118 valence electrons. The number of hydrogen-bond donors (Lipinski definition) is 1. The van der Waals surface area contributed by atoms with E-state index in [0.717, 1.165) is 41.6 Å². The molecule has 0 saturated carbocycles. The number of benzene rings is 1. The number of nitrogens with one attached hydrogen (secondary N) is 1. The third-order valence-electron chi connectivity index (χ3n) is 4.19. The van der Waals surface area contributed by atoms with Crippen LogP contribution in [0, 0.1) is 0 Å². The van der Waals surface area contributed by atoms with Crippen molar-refractivity contribution >= 4 is 27.5 Å². The van der Waals surface area contributed by atoms with Crippen LogP contribution in [0.15, 0.2) is 23.7 Å². The van der Waals surface area contributed by atoms with Crippen LogP contribution >= 0.6 is 11.3 Å². The molecule has 3 heterocycles. The highest BCUT2D eigenvalue weighted by Gasteiger charge is 2.28. The fourth-order valence-corrected chi connectivity index (χ4v) is 3.80. The molecule has 0 saturated heterocycles. The maximum atomic E-state index is 12.6. The normalized spacial score (nSPS) is 17.7. The van der Waals surface area contributed by atoms with Crippen LogP contribution in [0.5, 0.6) is 0 Å². The number of amides is 1. The topological polar surface area (TPSA) is 85.6 Å². The highest BCUT2D eigenvalue weighted by Crippen LogP contribution is 2.25. The molecule has 23 heavy (non-hydrogen) atoms. The lowest BCUT2D eigenvalue weighted by Crippen LogP contribution is -2.30. The molecule has 0 radical (unpaired) electrons. The minimum atomic E-state index is -0.270. The molecular weight excluding hydrogens is 312 g/mol. The lowest BCUT2D eigenvalue weighted by atomic mass is 10.0. The van der Waals surface area contributed by atoms with Crippen molar-refractivity contribution in [2.24, 2.45) is 0 Å². The van der Waals surface area contributed by atoms with E-state index >= 15 is 0 Å². The van der Waals surface area contributed by atoms with Crippen LogP contribution in [0.25, 0.3) is 10.2 Å². The number of aryl methyl sites for hydroxylation is 1. The number of carbonyl (C=O) groups is 1. The summed E-state index contributed by atoms with van der Waals surface area (Å²) < 4.78 is 2.87. The molecule has 0 spiro atoms. The van der Waals surface area contributed by atoms with Gasteiger partial charge in [-0.2, -0.15) is 0 Å². The summed E-state index contributed by atoms with van der Waals surface area (Å²) in [5, 5.41) is 14.8. The van der Waals surface area contributed by atoms with Crippen molar-refractivity contribution < 1.29 is 4.79 Å². The molecule has 0 bridgehead atoms. The number of rotatable bonds is 3. The molecule has 1 aromatic carbocycles. The molecule has 1 aliphatic heterocycles. The average molecular weight is 328 g/mol. The first-order valence-corrected chi connectivity index (χ1v) is 8.56. The summed E-state index contributed by atoms with van der Waals surface area (Å²) in [6.07, 6.45) is 2.78. The monoisotopic (exact) mass is 328 g/mol. The van der Waals surface area contributed by atoms with Crippen LogP contribution in [-0.4, -0.2) is 31.1 Å². The quantitative estimate of drug-likeness (QED) is 0.793. The van der Waals surface area contributed by atoms with Gasteiger partial charge < -0.3 is 5.32 Å². The van der Waals surface area contributed by atoms with Crippen LogP contribution in [0.4, 0.5) is 0 Å². The van der Waals surface area contributed by atoms with E-state index in [1.165, 1.54) is 0 Å². The van der Waals surface area contributed by atoms with Crippen molar-refractivity contribution in [3.63, 3.8) is 0 Å². The lowest BCUT2D eigenvalue weighted by Gasteiger charge is -2.13. The molecule has 2 aromatic heterocycles. The molecule has 0 aliphatic carbocycles. The average Bonchev–Trinajstić information content (AvgIpc) is 3.18. The summed E-state index contributed by atoms with van der Waals surface area (Å²) in [5.74, 6) is 0.397. The third-order valence-corrected chi connectivity index (χ3v) is 5.11. The molecule has 4 rings (SSSR count). The van der Waals surface area contributed by atoms with Gasteiger partial charge in [0.15, 0.2) is 5.82 Å². The van der Waals surface area contributed by atoms with Crippen molar-refractivity contribution in [3.8, 4) is 0 Å². The van der Waals surface area contributed by atoms with E-state index in [-0.39, 0.29) is 11.8 Å². The summed E-state index contributed by atoms with van der Waals surface area (Å²) in [7, 11) is 0. The van der Waals surface area contributed by atoms with E-state index in [1.807, 2.05) is 23.7 Å². The Balaban J connectivity index is 1.51. The summed E-state index contributed by atoms with van der Waals surface area (Å²) in [4.78, 5) is 16.9. The summed E-state index contributed by atoms with van der Waals surface area (Å²) in [6, 6.07) is 5.98. The third kappa shape index (κ3) is 2.70. The number of aromatic nitrogens is 5. The Morgan fingerprint density at radius 1 is 1.39 bits per heavy atom. The molecule has 1 atom stereocenters. The van der Waals surface area contributed by atoms with Crippen LogP contribution in [0.3, 0.4) is 0 Å². The molecular formula is C15H16N6OS. The number of thiazole rings is 1. The maximum Gasteiger partial charge on any atom is 0.231 e. The minimum absolute atomic E-state index is 0.00975. The predicted molar refractivity (Wildman–Crippen MR) is 85.9 cm³/mol. The number of hydrogen-bond acceptors (Lipinski definition) is 6. The Labute approximate surface area is 136 Å². The van der Waals surface area contributed by atoms with E-state index in [0.29, 0.717) is 12.4 Å². The largest absolute Gasteiger partial charge is 0.351 e. The Morgan fingerprint density at radius 2 is 2.35 bits per heavy atom. The van der Waals surface area contributed by atoms with E-state index in [2.05, 4.69) is 25.8 Å². The van der Waals surface area contributed by atoms with Crippen molar-refractivity contribution in [2.75, 3.05) is 0 Å². The first-order chi connectivity index (χ1) is 11.3. The second-order valence-corrected chi connectivity index (χ2v) is 6.50. The maximum absolute atomic E-state index is 12.6. The van der Waals surface area contributed by atoms with E-state index in [4.69, 9.17) is 0 Å². The van der Waals surface area contributed by atoms with Crippen molar-refractivity contribution in [3.05, 3.63) is 35.1 Å². The lowest BCUT2D eigenvalue weighted by molar-refractivity contribution is -0.123. The predicted octanol–water partition coefficient (Wildman–Crippen LogP) is 1.87. The molecule has 8 heteroatoms. The summed E-state index contributed by atoms with van der Waals surface area (Å²) in [5.41, 5.74) is 3.89. The zero-order chi connectivity index (χ0) is 15.6. The van der Waals surface area contributed by atoms with E-state index < -0.39 is 0 Å². The molecule has 1 amide bonds. The number of carbonyl (C=O) groups excluding carboxylic acids is 1. The van der Waals surface area contributed by atoms with Gasteiger partial charge in [-0.05, 0) is 34.9 Å². The molecule has 3 aromatic rings. The van der Waals surface area contributed by atoms with Crippen molar-refractivity contribution in [1.82, 2.24) is 30.5 Å². The van der Waals surface area contributed by atoms with Gasteiger partial charge in [0.05, 0.1) is 21.6 Å².